The van der Waals surface area contributed by atoms with Gasteiger partial charge in [0.1, 0.15) is 12.4 Å². The fraction of sp³-hybridized carbons (Fsp3) is 0.0800. The summed E-state index contributed by atoms with van der Waals surface area (Å²) in [6.45, 7) is -0.0617. The summed E-state index contributed by atoms with van der Waals surface area (Å²) in [5.74, 6) is -0.443. The molecule has 0 aliphatic carbocycles. The summed E-state index contributed by atoms with van der Waals surface area (Å²) >= 11 is 5.94. The van der Waals surface area contributed by atoms with Gasteiger partial charge in [0, 0.05) is 5.02 Å². The largest absolute Gasteiger partial charge is 0.490 e. The number of carbonyl (C=O) groups is 1. The minimum Gasteiger partial charge on any atom is -0.490 e. The highest BCUT2D eigenvalue weighted by Crippen LogP contribution is 2.30. The van der Waals surface area contributed by atoms with Gasteiger partial charge in [-0.3, -0.25) is 10.0 Å². The van der Waals surface area contributed by atoms with E-state index in [1.165, 1.54) is 0 Å². The molecule has 1 atom stereocenters. The lowest BCUT2D eigenvalue weighted by Gasteiger charge is -2.16. The van der Waals surface area contributed by atoms with Gasteiger partial charge < -0.3 is 4.74 Å². The summed E-state index contributed by atoms with van der Waals surface area (Å²) in [4.78, 5) is 23.8. The van der Waals surface area contributed by atoms with Crippen molar-refractivity contribution in [3.63, 3.8) is 0 Å². The Bertz CT molecular complexity index is 1260. The Labute approximate surface area is 189 Å². The Morgan fingerprint density at radius 1 is 0.938 bits per heavy atom. The Morgan fingerprint density at radius 2 is 1.59 bits per heavy atom. The standard InChI is InChI=1S/C25H19ClN2O4/c26-20-12-9-17(10-13-20)16-5-7-19(8-6-16)22(27-30)15-32-23-14-11-18-3-1-2-4-21(18)24(23)25(29)28-31/h1-14,22,31H,15H2,(H,28,29). The summed E-state index contributed by atoms with van der Waals surface area (Å²) < 4.78 is 5.82. The molecule has 0 spiro atoms. The number of fused-ring (bicyclic) bond motifs is 1. The van der Waals surface area contributed by atoms with Crippen molar-refractivity contribution in [2.45, 2.75) is 6.04 Å². The van der Waals surface area contributed by atoms with Crippen molar-refractivity contribution >= 4 is 28.3 Å². The van der Waals surface area contributed by atoms with Gasteiger partial charge in [-0.15, -0.1) is 0 Å². The van der Waals surface area contributed by atoms with E-state index in [2.05, 4.69) is 5.18 Å². The van der Waals surface area contributed by atoms with Gasteiger partial charge in [-0.25, -0.2) is 5.48 Å². The number of hydroxylamine groups is 1. The second-order valence-electron chi connectivity index (χ2n) is 7.16. The van der Waals surface area contributed by atoms with Crippen LogP contribution in [0.4, 0.5) is 0 Å². The van der Waals surface area contributed by atoms with Crippen LogP contribution in [0, 0.1) is 4.91 Å². The van der Waals surface area contributed by atoms with Crippen molar-refractivity contribution in [1.82, 2.24) is 5.48 Å². The van der Waals surface area contributed by atoms with Crippen LogP contribution in [0.1, 0.15) is 22.0 Å². The Hall–Kier alpha value is -3.74. The second-order valence-corrected chi connectivity index (χ2v) is 7.60. The van der Waals surface area contributed by atoms with Gasteiger partial charge in [0.15, 0.2) is 6.04 Å². The predicted molar refractivity (Wildman–Crippen MR) is 124 cm³/mol. The van der Waals surface area contributed by atoms with E-state index in [0.717, 1.165) is 16.5 Å². The maximum atomic E-state index is 12.3. The normalized spacial score (nSPS) is 11.7. The lowest BCUT2D eigenvalue weighted by atomic mass is 10.0. The number of hydrogen-bond donors (Lipinski definition) is 2. The quantitative estimate of drug-likeness (QED) is 0.202. The van der Waals surface area contributed by atoms with E-state index < -0.39 is 11.9 Å². The average Bonchev–Trinajstić information content (AvgIpc) is 2.84. The number of amides is 1. The molecule has 7 heteroatoms. The number of hydrogen-bond acceptors (Lipinski definition) is 5. The van der Waals surface area contributed by atoms with Crippen LogP contribution < -0.4 is 10.2 Å². The lowest BCUT2D eigenvalue weighted by molar-refractivity contribution is 0.0704. The lowest BCUT2D eigenvalue weighted by Crippen LogP contribution is -2.20. The van der Waals surface area contributed by atoms with Gasteiger partial charge in [0.25, 0.3) is 5.91 Å². The van der Waals surface area contributed by atoms with E-state index >= 15 is 0 Å². The summed E-state index contributed by atoms with van der Waals surface area (Å²) in [7, 11) is 0. The molecule has 4 aromatic carbocycles. The molecule has 160 valence electrons. The number of benzene rings is 4. The molecular weight excluding hydrogens is 428 g/mol. The Balaban J connectivity index is 1.56. The summed E-state index contributed by atoms with van der Waals surface area (Å²) in [5, 5.41) is 14.5. The molecule has 0 heterocycles. The van der Waals surface area contributed by atoms with Crippen molar-refractivity contribution in [3.8, 4) is 16.9 Å². The summed E-state index contributed by atoms with van der Waals surface area (Å²) in [6, 6.07) is 24.8. The molecule has 1 unspecified atom stereocenters. The monoisotopic (exact) mass is 446 g/mol. The highest BCUT2D eigenvalue weighted by molar-refractivity contribution is 6.30. The number of nitroso groups, excluding NO2 is 1. The third-order valence-corrected chi connectivity index (χ3v) is 5.47. The minimum absolute atomic E-state index is 0.0617. The zero-order valence-electron chi connectivity index (χ0n) is 16.9. The SMILES string of the molecule is O=NC(COc1ccc2ccccc2c1C(=O)NO)c1ccc(-c2ccc(Cl)cc2)cc1. The molecule has 4 aromatic rings. The van der Waals surface area contributed by atoms with E-state index in [1.54, 1.807) is 23.7 Å². The summed E-state index contributed by atoms with van der Waals surface area (Å²) in [6.07, 6.45) is 0. The minimum atomic E-state index is -0.772. The van der Waals surface area contributed by atoms with Gasteiger partial charge in [-0.1, -0.05) is 83.5 Å². The van der Waals surface area contributed by atoms with E-state index in [-0.39, 0.29) is 17.9 Å². The number of halogens is 1. The molecule has 0 aliphatic heterocycles. The van der Waals surface area contributed by atoms with Crippen LogP contribution in [0.25, 0.3) is 21.9 Å². The molecule has 1 amide bonds. The molecule has 0 bridgehead atoms. The van der Waals surface area contributed by atoms with Gasteiger partial charge in [-0.05, 0) is 45.7 Å². The fourth-order valence-electron chi connectivity index (χ4n) is 3.56. The molecule has 0 aliphatic rings. The van der Waals surface area contributed by atoms with E-state index in [0.29, 0.717) is 16.0 Å². The van der Waals surface area contributed by atoms with Crippen LogP contribution in [0.5, 0.6) is 5.75 Å². The van der Waals surface area contributed by atoms with Crippen molar-refractivity contribution in [2.75, 3.05) is 6.61 Å². The van der Waals surface area contributed by atoms with Crippen LogP contribution >= 0.6 is 11.6 Å². The first-order valence-electron chi connectivity index (χ1n) is 9.88. The van der Waals surface area contributed by atoms with Gasteiger partial charge in [-0.2, -0.15) is 4.91 Å². The van der Waals surface area contributed by atoms with E-state index in [1.807, 2.05) is 66.7 Å². The van der Waals surface area contributed by atoms with Crippen molar-refractivity contribution in [3.05, 3.63) is 106 Å². The molecule has 0 fully saturated rings. The van der Waals surface area contributed by atoms with Crippen LogP contribution in [0.2, 0.25) is 5.02 Å². The van der Waals surface area contributed by atoms with Crippen LogP contribution in [0.3, 0.4) is 0 Å². The van der Waals surface area contributed by atoms with Gasteiger partial charge >= 0.3 is 0 Å². The molecule has 0 radical (unpaired) electrons. The van der Waals surface area contributed by atoms with Gasteiger partial charge in [0.05, 0.1) is 5.56 Å². The second kappa shape index (κ2) is 9.60. The smallest absolute Gasteiger partial charge is 0.279 e. The Morgan fingerprint density at radius 3 is 2.25 bits per heavy atom. The highest BCUT2D eigenvalue weighted by Gasteiger charge is 2.19. The molecule has 32 heavy (non-hydrogen) atoms. The average molecular weight is 447 g/mol. The first-order chi connectivity index (χ1) is 15.6. The van der Waals surface area contributed by atoms with Crippen LogP contribution in [0.15, 0.2) is 90.1 Å². The van der Waals surface area contributed by atoms with E-state index in [4.69, 9.17) is 16.3 Å². The fourth-order valence-corrected chi connectivity index (χ4v) is 3.68. The maximum absolute atomic E-state index is 12.3. The third kappa shape index (κ3) is 4.46. The van der Waals surface area contributed by atoms with Crippen LogP contribution in [-0.2, 0) is 0 Å². The molecule has 2 N–H and O–H groups in total. The highest BCUT2D eigenvalue weighted by atomic mass is 35.5. The zero-order valence-corrected chi connectivity index (χ0v) is 17.6. The first-order valence-corrected chi connectivity index (χ1v) is 10.3. The molecule has 0 aromatic heterocycles. The van der Waals surface area contributed by atoms with Gasteiger partial charge in [0.2, 0.25) is 0 Å². The van der Waals surface area contributed by atoms with Crippen molar-refractivity contribution < 1.29 is 14.7 Å². The molecule has 0 saturated carbocycles. The zero-order chi connectivity index (χ0) is 22.5. The molecule has 6 nitrogen and oxygen atoms in total. The number of nitrogens with zero attached hydrogens (tertiary/aromatic N) is 1. The molecule has 0 saturated heterocycles. The van der Waals surface area contributed by atoms with Crippen molar-refractivity contribution in [1.29, 1.82) is 0 Å². The number of carbonyl (C=O) groups excluding carboxylic acids is 1. The number of rotatable bonds is 7. The Kier molecular flexibility index (Phi) is 6.44. The third-order valence-electron chi connectivity index (χ3n) is 5.22. The first kappa shape index (κ1) is 21.5. The van der Waals surface area contributed by atoms with Crippen LogP contribution in [-0.4, -0.2) is 17.7 Å². The van der Waals surface area contributed by atoms with Crippen molar-refractivity contribution in [2.24, 2.45) is 5.18 Å². The molecular formula is C25H19ClN2O4. The number of nitrogens with one attached hydrogen (secondary N) is 1. The predicted octanol–water partition coefficient (Wildman–Crippen LogP) is 6.17. The topological polar surface area (TPSA) is 88.0 Å². The maximum Gasteiger partial charge on any atom is 0.279 e. The molecule has 4 rings (SSSR count). The summed E-state index contributed by atoms with van der Waals surface area (Å²) in [5.41, 5.74) is 4.52. The number of ether oxygens (including phenoxy) is 1. The van der Waals surface area contributed by atoms with E-state index in [9.17, 15) is 14.9 Å².